The molecule has 1 aliphatic rings. The Balaban J connectivity index is 1.86. The van der Waals surface area contributed by atoms with Crippen molar-refractivity contribution in [2.45, 2.75) is 52.0 Å². The quantitative estimate of drug-likeness (QED) is 0.836. The minimum atomic E-state index is -0.864. The van der Waals surface area contributed by atoms with E-state index in [1.54, 1.807) is 13.8 Å². The average Bonchev–Trinajstić information content (AvgIpc) is 2.95. The molecular formula is C13H19N3O4. The number of hydrogen-bond donors (Lipinski definition) is 2. The van der Waals surface area contributed by atoms with E-state index in [9.17, 15) is 14.7 Å². The molecule has 2 unspecified atom stereocenters. The molecule has 7 heteroatoms. The first kappa shape index (κ1) is 14.5. The van der Waals surface area contributed by atoms with Gasteiger partial charge in [0.25, 0.3) is 0 Å². The van der Waals surface area contributed by atoms with Crippen molar-refractivity contribution < 1.29 is 19.2 Å². The van der Waals surface area contributed by atoms with Crippen LogP contribution in [-0.4, -0.2) is 33.2 Å². The lowest BCUT2D eigenvalue weighted by molar-refractivity contribution is -0.149. The fourth-order valence-electron chi connectivity index (χ4n) is 2.58. The molecule has 1 amide bonds. The molecular weight excluding hydrogens is 262 g/mol. The van der Waals surface area contributed by atoms with Crippen LogP contribution < -0.4 is 5.32 Å². The lowest BCUT2D eigenvalue weighted by Crippen LogP contribution is -2.47. The molecule has 1 aromatic rings. The van der Waals surface area contributed by atoms with Crippen molar-refractivity contribution in [3.05, 3.63) is 11.7 Å². The van der Waals surface area contributed by atoms with Crippen molar-refractivity contribution in [3.8, 4) is 0 Å². The molecule has 0 spiro atoms. The van der Waals surface area contributed by atoms with Crippen LogP contribution in [0.4, 0.5) is 0 Å². The van der Waals surface area contributed by atoms with Gasteiger partial charge in [-0.3, -0.25) is 9.59 Å². The van der Waals surface area contributed by atoms with Crippen molar-refractivity contribution in [1.82, 2.24) is 15.5 Å². The predicted octanol–water partition coefficient (Wildman–Crippen LogP) is 1.07. The maximum absolute atomic E-state index is 11.9. The third-order valence-electron chi connectivity index (χ3n) is 3.92. The van der Waals surface area contributed by atoms with E-state index in [0.717, 1.165) is 6.42 Å². The fourth-order valence-corrected chi connectivity index (χ4v) is 2.58. The minimum Gasteiger partial charge on any atom is -0.481 e. The molecule has 0 aliphatic heterocycles. The summed E-state index contributed by atoms with van der Waals surface area (Å²) >= 11 is 0. The summed E-state index contributed by atoms with van der Waals surface area (Å²) in [5.74, 6) is -0.0761. The van der Waals surface area contributed by atoms with Gasteiger partial charge in [0.1, 0.15) is 0 Å². The summed E-state index contributed by atoms with van der Waals surface area (Å²) in [5.41, 5.74) is -0.864. The van der Waals surface area contributed by atoms with Crippen LogP contribution in [-0.2, 0) is 16.0 Å². The van der Waals surface area contributed by atoms with Gasteiger partial charge in [-0.1, -0.05) is 11.6 Å². The number of carbonyl (C=O) groups excluding carboxylic acids is 1. The minimum absolute atomic E-state index is 0.180. The van der Waals surface area contributed by atoms with E-state index in [0.29, 0.717) is 31.0 Å². The van der Waals surface area contributed by atoms with Gasteiger partial charge in [-0.15, -0.1) is 0 Å². The number of nitrogens with zero attached hydrogens (tertiary/aromatic N) is 2. The summed E-state index contributed by atoms with van der Waals surface area (Å²) in [6.07, 6.45) is 2.69. The van der Waals surface area contributed by atoms with Gasteiger partial charge >= 0.3 is 5.97 Å². The van der Waals surface area contributed by atoms with Crippen molar-refractivity contribution in [3.63, 3.8) is 0 Å². The van der Waals surface area contributed by atoms with E-state index in [1.165, 1.54) is 0 Å². The molecule has 2 atom stereocenters. The summed E-state index contributed by atoms with van der Waals surface area (Å²) in [6, 6.07) is -0.308. The molecule has 2 rings (SSSR count). The van der Waals surface area contributed by atoms with Gasteiger partial charge in [0.05, 0.1) is 5.41 Å². The van der Waals surface area contributed by atoms with Crippen LogP contribution >= 0.6 is 0 Å². The molecule has 0 aromatic carbocycles. The third-order valence-corrected chi connectivity index (χ3v) is 3.92. The Morgan fingerprint density at radius 2 is 2.30 bits per heavy atom. The summed E-state index contributed by atoms with van der Waals surface area (Å²) in [6.45, 7) is 3.40. The molecule has 7 nitrogen and oxygen atoms in total. The third kappa shape index (κ3) is 2.97. The SMILES string of the molecule is Cc1noc(CCC(=O)NC2CCCC2(C)C(=O)O)n1. The highest BCUT2D eigenvalue weighted by molar-refractivity contribution is 5.80. The van der Waals surface area contributed by atoms with Crippen LogP contribution in [0, 0.1) is 12.3 Å². The van der Waals surface area contributed by atoms with Gasteiger partial charge in [0.15, 0.2) is 5.82 Å². The van der Waals surface area contributed by atoms with Crippen molar-refractivity contribution in [1.29, 1.82) is 0 Å². The smallest absolute Gasteiger partial charge is 0.311 e. The molecule has 110 valence electrons. The molecule has 20 heavy (non-hydrogen) atoms. The van der Waals surface area contributed by atoms with Crippen LogP contribution in [0.25, 0.3) is 0 Å². The highest BCUT2D eigenvalue weighted by Crippen LogP contribution is 2.38. The lowest BCUT2D eigenvalue weighted by Gasteiger charge is -2.27. The van der Waals surface area contributed by atoms with Crippen LogP contribution in [0.2, 0.25) is 0 Å². The maximum Gasteiger partial charge on any atom is 0.311 e. The number of aromatic nitrogens is 2. The number of carboxylic acids is 1. The first-order valence-electron chi connectivity index (χ1n) is 6.74. The normalized spacial score (nSPS) is 25.6. The van der Waals surface area contributed by atoms with Crippen LogP contribution in [0.5, 0.6) is 0 Å². The maximum atomic E-state index is 11.9. The lowest BCUT2D eigenvalue weighted by atomic mass is 9.85. The van der Waals surface area contributed by atoms with Gasteiger partial charge in [-0.05, 0) is 26.7 Å². The number of amides is 1. The Morgan fingerprint density at radius 1 is 1.55 bits per heavy atom. The highest BCUT2D eigenvalue weighted by Gasteiger charge is 2.45. The van der Waals surface area contributed by atoms with E-state index in [2.05, 4.69) is 15.5 Å². The second-order valence-corrected chi connectivity index (χ2v) is 5.47. The number of rotatable bonds is 5. The monoisotopic (exact) mass is 281 g/mol. The summed E-state index contributed by atoms with van der Waals surface area (Å²) < 4.78 is 4.93. The Kier molecular flexibility index (Phi) is 4.06. The first-order chi connectivity index (χ1) is 9.41. The van der Waals surface area contributed by atoms with E-state index in [-0.39, 0.29) is 18.4 Å². The Bertz CT molecular complexity index is 513. The summed E-state index contributed by atoms with van der Waals surface area (Å²) in [4.78, 5) is 27.2. The summed E-state index contributed by atoms with van der Waals surface area (Å²) in [5, 5.41) is 15.7. The zero-order valence-electron chi connectivity index (χ0n) is 11.7. The van der Waals surface area contributed by atoms with E-state index >= 15 is 0 Å². The van der Waals surface area contributed by atoms with Crippen molar-refractivity contribution in [2.75, 3.05) is 0 Å². The van der Waals surface area contributed by atoms with Crippen molar-refractivity contribution in [2.24, 2.45) is 5.41 Å². The van der Waals surface area contributed by atoms with Gasteiger partial charge in [-0.2, -0.15) is 4.98 Å². The molecule has 1 aliphatic carbocycles. The van der Waals surface area contributed by atoms with Crippen LogP contribution in [0.15, 0.2) is 4.52 Å². The standard InChI is InChI=1S/C13H19N3O4/c1-8-14-11(20-16-8)6-5-10(17)15-9-4-3-7-13(9,2)12(18)19/h9H,3-7H2,1-2H3,(H,15,17)(H,18,19). The number of hydrogen-bond acceptors (Lipinski definition) is 5. The second kappa shape index (κ2) is 5.60. The molecule has 1 saturated carbocycles. The molecule has 2 N–H and O–H groups in total. The fraction of sp³-hybridized carbons (Fsp3) is 0.692. The Hall–Kier alpha value is -1.92. The first-order valence-corrected chi connectivity index (χ1v) is 6.74. The van der Waals surface area contributed by atoms with Gasteiger partial charge in [0.2, 0.25) is 11.8 Å². The van der Waals surface area contributed by atoms with Gasteiger partial charge in [0, 0.05) is 18.9 Å². The van der Waals surface area contributed by atoms with Crippen molar-refractivity contribution >= 4 is 11.9 Å². The average molecular weight is 281 g/mol. The van der Waals surface area contributed by atoms with E-state index < -0.39 is 11.4 Å². The van der Waals surface area contributed by atoms with Gasteiger partial charge in [-0.25, -0.2) is 0 Å². The predicted molar refractivity (Wildman–Crippen MR) is 68.9 cm³/mol. The molecule has 1 fully saturated rings. The molecule has 0 radical (unpaired) electrons. The number of nitrogens with one attached hydrogen (secondary N) is 1. The summed E-state index contributed by atoms with van der Waals surface area (Å²) in [7, 11) is 0. The molecule has 0 bridgehead atoms. The Labute approximate surface area is 116 Å². The van der Waals surface area contributed by atoms with E-state index in [4.69, 9.17) is 4.52 Å². The Morgan fingerprint density at radius 3 is 2.90 bits per heavy atom. The van der Waals surface area contributed by atoms with Crippen LogP contribution in [0.3, 0.4) is 0 Å². The zero-order chi connectivity index (χ0) is 14.8. The van der Waals surface area contributed by atoms with Crippen LogP contribution in [0.1, 0.15) is 44.3 Å². The molecule has 1 heterocycles. The largest absolute Gasteiger partial charge is 0.481 e. The number of carboxylic acid groups (broad SMARTS) is 1. The number of aliphatic carboxylic acids is 1. The van der Waals surface area contributed by atoms with Gasteiger partial charge < -0.3 is 14.9 Å². The second-order valence-electron chi connectivity index (χ2n) is 5.47. The van der Waals surface area contributed by atoms with E-state index in [1.807, 2.05) is 0 Å². The number of aryl methyl sites for hydroxylation is 2. The topological polar surface area (TPSA) is 105 Å². The zero-order valence-corrected chi connectivity index (χ0v) is 11.7. The number of carbonyl (C=O) groups is 2. The molecule has 1 aromatic heterocycles. The molecule has 0 saturated heterocycles. The highest BCUT2D eigenvalue weighted by atomic mass is 16.5.